The molecular weight excluding hydrogens is 525 g/mol. The van der Waals surface area contributed by atoms with Crippen LogP contribution in [0, 0.1) is 35.9 Å². The average molecular weight is 568 g/mol. The van der Waals surface area contributed by atoms with Crippen molar-refractivity contribution in [2.75, 3.05) is 45.9 Å². The molecule has 1 saturated heterocycles. The van der Waals surface area contributed by atoms with E-state index in [1.165, 1.54) is 31.4 Å². The molecule has 40 heavy (non-hydrogen) atoms. The fraction of sp³-hybridized carbons (Fsp3) is 0.625. The molecule has 0 unspecified atom stereocenters. The van der Waals surface area contributed by atoms with Gasteiger partial charge in [-0.3, -0.25) is 14.5 Å². The summed E-state index contributed by atoms with van der Waals surface area (Å²) in [5.74, 6) is 1.89. The van der Waals surface area contributed by atoms with Gasteiger partial charge in [-0.05, 0) is 97.9 Å². The van der Waals surface area contributed by atoms with Crippen molar-refractivity contribution in [3.8, 4) is 0 Å². The van der Waals surface area contributed by atoms with Gasteiger partial charge in [0.25, 0.3) is 0 Å². The smallest absolute Gasteiger partial charge is 0.242 e. The van der Waals surface area contributed by atoms with Gasteiger partial charge in [-0.1, -0.05) is 12.1 Å². The van der Waals surface area contributed by atoms with Gasteiger partial charge in [0.05, 0.1) is 31.7 Å². The van der Waals surface area contributed by atoms with Crippen LogP contribution in [0.15, 0.2) is 35.7 Å². The van der Waals surface area contributed by atoms with Crippen LogP contribution in [0.5, 0.6) is 0 Å². The van der Waals surface area contributed by atoms with Crippen molar-refractivity contribution in [1.82, 2.24) is 14.7 Å². The largest absolute Gasteiger partial charge is 0.379 e. The lowest BCUT2D eigenvalue weighted by Gasteiger charge is -2.56. The second kappa shape index (κ2) is 11.9. The number of aryl methyl sites for hydroxylation is 1. The molecule has 0 atom stereocenters. The molecule has 4 aliphatic carbocycles. The van der Waals surface area contributed by atoms with E-state index in [0.717, 1.165) is 54.9 Å². The molecule has 8 heteroatoms. The fourth-order valence-electron chi connectivity index (χ4n) is 8.09. The standard InChI is InChI=1S/C32H42FN3O3S/c1-23-6-13-40-29(23)21-36(20-24-2-4-28(33)5-3-24)30(37)22-35(8-7-34-9-11-39-12-10-34)31(38)32-17-25-14-26(18-32)16-27(15-25)19-32/h2-6,13,25-27H,7-12,14-22H2,1H3. The van der Waals surface area contributed by atoms with Crippen LogP contribution in [0.2, 0.25) is 0 Å². The Balaban J connectivity index is 1.22. The molecule has 0 radical (unpaired) electrons. The minimum Gasteiger partial charge on any atom is -0.379 e. The highest BCUT2D eigenvalue weighted by atomic mass is 32.1. The van der Waals surface area contributed by atoms with Crippen molar-refractivity contribution in [2.45, 2.75) is 58.5 Å². The van der Waals surface area contributed by atoms with E-state index in [2.05, 4.69) is 23.3 Å². The molecule has 0 spiro atoms. The Hall–Kier alpha value is -2.29. The quantitative estimate of drug-likeness (QED) is 0.401. The number of ether oxygens (including phenoxy) is 1. The first-order valence-electron chi connectivity index (χ1n) is 15.0. The molecule has 2 aromatic rings. The molecule has 7 rings (SSSR count). The van der Waals surface area contributed by atoms with Gasteiger partial charge in [0.1, 0.15) is 5.82 Å². The molecule has 4 saturated carbocycles. The maximum Gasteiger partial charge on any atom is 0.242 e. The van der Waals surface area contributed by atoms with Crippen LogP contribution in [-0.2, 0) is 27.4 Å². The SMILES string of the molecule is Cc1ccsc1CN(Cc1ccc(F)cc1)C(=O)CN(CCN1CCOCC1)C(=O)C12CC3CC(CC(C3)C1)C2. The molecule has 5 fully saturated rings. The highest BCUT2D eigenvalue weighted by Gasteiger charge is 2.55. The summed E-state index contributed by atoms with van der Waals surface area (Å²) in [7, 11) is 0. The van der Waals surface area contributed by atoms with Crippen molar-refractivity contribution < 1.29 is 18.7 Å². The maximum absolute atomic E-state index is 14.5. The Morgan fingerprint density at radius 3 is 2.23 bits per heavy atom. The molecule has 2 heterocycles. The van der Waals surface area contributed by atoms with Gasteiger partial charge in [-0.2, -0.15) is 0 Å². The van der Waals surface area contributed by atoms with Gasteiger partial charge in [0.2, 0.25) is 11.8 Å². The summed E-state index contributed by atoms with van der Waals surface area (Å²) in [5, 5.41) is 2.05. The number of hydrogen-bond donors (Lipinski definition) is 0. The Labute approximate surface area is 241 Å². The number of halogens is 1. The topological polar surface area (TPSA) is 53.1 Å². The third kappa shape index (κ3) is 6.14. The van der Waals surface area contributed by atoms with Crippen LogP contribution in [0.1, 0.15) is 54.5 Å². The Morgan fingerprint density at radius 2 is 1.62 bits per heavy atom. The first-order chi connectivity index (χ1) is 19.4. The van der Waals surface area contributed by atoms with E-state index in [9.17, 15) is 14.0 Å². The third-order valence-electron chi connectivity index (χ3n) is 9.84. The molecule has 6 nitrogen and oxygen atoms in total. The molecular formula is C32H42FN3O3S. The van der Waals surface area contributed by atoms with Crippen LogP contribution in [0.25, 0.3) is 0 Å². The van der Waals surface area contributed by atoms with Crippen molar-refractivity contribution in [3.63, 3.8) is 0 Å². The second-order valence-corrected chi connectivity index (χ2v) is 13.8. The molecule has 0 N–H and O–H groups in total. The van der Waals surface area contributed by atoms with Crippen LogP contribution >= 0.6 is 11.3 Å². The molecule has 1 aromatic carbocycles. The second-order valence-electron chi connectivity index (χ2n) is 12.8. The fourth-order valence-corrected chi connectivity index (χ4v) is 9.01. The number of benzene rings is 1. The first-order valence-corrected chi connectivity index (χ1v) is 15.9. The molecule has 216 valence electrons. The van der Waals surface area contributed by atoms with Crippen LogP contribution in [-0.4, -0.2) is 72.5 Å². The molecule has 1 aromatic heterocycles. The zero-order valence-corrected chi connectivity index (χ0v) is 24.5. The van der Waals surface area contributed by atoms with E-state index in [1.54, 1.807) is 23.5 Å². The van der Waals surface area contributed by atoms with Crippen LogP contribution in [0.4, 0.5) is 4.39 Å². The van der Waals surface area contributed by atoms with E-state index in [1.807, 2.05) is 9.80 Å². The number of hydrogen-bond acceptors (Lipinski definition) is 5. The van der Waals surface area contributed by atoms with Crippen LogP contribution in [0.3, 0.4) is 0 Å². The van der Waals surface area contributed by atoms with E-state index in [0.29, 0.717) is 50.6 Å². The van der Waals surface area contributed by atoms with E-state index in [-0.39, 0.29) is 29.6 Å². The molecule has 2 amide bonds. The zero-order chi connectivity index (χ0) is 27.7. The predicted octanol–water partition coefficient (Wildman–Crippen LogP) is 5.10. The number of nitrogens with zero attached hydrogens (tertiary/aromatic N) is 3. The minimum absolute atomic E-state index is 0.0443. The van der Waals surface area contributed by atoms with E-state index >= 15 is 0 Å². The summed E-state index contributed by atoms with van der Waals surface area (Å²) in [6.07, 6.45) is 6.83. The number of amides is 2. The lowest BCUT2D eigenvalue weighted by Crippen LogP contribution is -2.57. The van der Waals surface area contributed by atoms with E-state index in [4.69, 9.17) is 4.74 Å². The van der Waals surface area contributed by atoms with Gasteiger partial charge in [-0.15, -0.1) is 11.3 Å². The minimum atomic E-state index is -0.286. The number of carbonyl (C=O) groups is 2. The van der Waals surface area contributed by atoms with Gasteiger partial charge in [0.15, 0.2) is 0 Å². The molecule has 4 bridgehead atoms. The maximum atomic E-state index is 14.5. The number of morpholine rings is 1. The summed E-state index contributed by atoms with van der Waals surface area (Å²) >= 11 is 1.65. The lowest BCUT2D eigenvalue weighted by molar-refractivity contribution is -0.160. The normalized spacial score (nSPS) is 27.6. The highest BCUT2D eigenvalue weighted by Crippen LogP contribution is 2.60. The van der Waals surface area contributed by atoms with Crippen molar-refractivity contribution >= 4 is 23.2 Å². The predicted molar refractivity (Wildman–Crippen MR) is 154 cm³/mol. The Bertz CT molecular complexity index is 1160. The summed E-state index contributed by atoms with van der Waals surface area (Å²) < 4.78 is 19.1. The van der Waals surface area contributed by atoms with E-state index < -0.39 is 0 Å². The van der Waals surface area contributed by atoms with Crippen molar-refractivity contribution in [1.29, 1.82) is 0 Å². The summed E-state index contributed by atoms with van der Waals surface area (Å²) in [4.78, 5) is 35.8. The number of carbonyl (C=O) groups excluding carboxylic acids is 2. The van der Waals surface area contributed by atoms with Gasteiger partial charge >= 0.3 is 0 Å². The van der Waals surface area contributed by atoms with Gasteiger partial charge < -0.3 is 14.5 Å². The highest BCUT2D eigenvalue weighted by molar-refractivity contribution is 7.10. The Kier molecular flexibility index (Phi) is 8.29. The van der Waals surface area contributed by atoms with Crippen LogP contribution < -0.4 is 0 Å². The summed E-state index contributed by atoms with van der Waals surface area (Å²) in [5.41, 5.74) is 1.76. The number of thiophene rings is 1. The third-order valence-corrected chi connectivity index (χ3v) is 10.8. The zero-order valence-electron chi connectivity index (χ0n) is 23.7. The average Bonchev–Trinajstić information content (AvgIpc) is 3.35. The monoisotopic (exact) mass is 567 g/mol. The molecule has 5 aliphatic rings. The van der Waals surface area contributed by atoms with Gasteiger partial charge in [-0.25, -0.2) is 4.39 Å². The Morgan fingerprint density at radius 1 is 0.975 bits per heavy atom. The summed E-state index contributed by atoms with van der Waals surface area (Å²) in [6, 6.07) is 8.45. The van der Waals surface area contributed by atoms with Crippen molar-refractivity contribution in [2.24, 2.45) is 23.2 Å². The lowest BCUT2D eigenvalue weighted by atomic mass is 9.49. The number of rotatable bonds is 10. The van der Waals surface area contributed by atoms with Crippen molar-refractivity contribution in [3.05, 3.63) is 57.5 Å². The van der Waals surface area contributed by atoms with Gasteiger partial charge in [0, 0.05) is 37.6 Å². The molecule has 1 aliphatic heterocycles. The summed E-state index contributed by atoms with van der Waals surface area (Å²) in [6.45, 7) is 7.52. The first kappa shape index (κ1) is 27.9.